The van der Waals surface area contributed by atoms with Gasteiger partial charge in [0.05, 0.1) is 4.47 Å². The predicted molar refractivity (Wildman–Crippen MR) is 68.6 cm³/mol. The third kappa shape index (κ3) is 1.95. The van der Waals surface area contributed by atoms with Gasteiger partial charge in [-0.15, -0.1) is 0 Å². The molecule has 2 heterocycles. The van der Waals surface area contributed by atoms with Crippen molar-refractivity contribution in [3.63, 3.8) is 0 Å². The lowest BCUT2D eigenvalue weighted by atomic mass is 10.0. The van der Waals surface area contributed by atoms with Crippen LogP contribution in [0.5, 0.6) is 11.5 Å². The second-order valence-electron chi connectivity index (χ2n) is 3.93. The molecule has 0 spiro atoms. The number of hydrogen-bond acceptors (Lipinski definition) is 4. The number of pyridine rings is 1. The largest absolute Gasteiger partial charge is 0.454 e. The monoisotopic (exact) mass is 307 g/mol. The van der Waals surface area contributed by atoms with Crippen molar-refractivity contribution in [1.82, 2.24) is 4.98 Å². The molecule has 0 fully saturated rings. The highest BCUT2D eigenvalue weighted by atomic mass is 79.9. The number of rotatable bonds is 2. The Kier molecular flexibility index (Phi) is 2.93. The fraction of sp³-hybridized carbons (Fsp3) is 0.154. The number of halogens is 1. The molecule has 0 saturated heterocycles. The average Bonchev–Trinajstić information content (AvgIpc) is 2.88. The summed E-state index contributed by atoms with van der Waals surface area (Å²) in [5.41, 5.74) is 1.47. The third-order valence-electron chi connectivity index (χ3n) is 2.77. The molecule has 1 unspecified atom stereocenters. The molecule has 18 heavy (non-hydrogen) atoms. The van der Waals surface area contributed by atoms with E-state index in [4.69, 9.17) is 9.47 Å². The molecule has 3 rings (SSSR count). The van der Waals surface area contributed by atoms with Crippen molar-refractivity contribution in [2.75, 3.05) is 6.79 Å². The summed E-state index contributed by atoms with van der Waals surface area (Å²) >= 11 is 3.41. The van der Waals surface area contributed by atoms with E-state index < -0.39 is 6.10 Å². The zero-order valence-corrected chi connectivity index (χ0v) is 10.9. The first kappa shape index (κ1) is 11.5. The van der Waals surface area contributed by atoms with Crippen LogP contribution in [0.1, 0.15) is 17.2 Å². The fourth-order valence-corrected chi connectivity index (χ4v) is 2.45. The van der Waals surface area contributed by atoms with Gasteiger partial charge in [0.1, 0.15) is 6.10 Å². The van der Waals surface area contributed by atoms with Gasteiger partial charge in [0, 0.05) is 18.0 Å². The Labute approximate surface area is 112 Å². The summed E-state index contributed by atoms with van der Waals surface area (Å²) < 4.78 is 11.4. The molecule has 0 amide bonds. The number of aromatic nitrogens is 1. The van der Waals surface area contributed by atoms with E-state index in [1.165, 1.54) is 0 Å². The smallest absolute Gasteiger partial charge is 0.231 e. The molecule has 4 nitrogen and oxygen atoms in total. The SMILES string of the molecule is OC(c1cccnc1)c1cc(Br)c2c(c1)OCO2. The molecule has 1 aliphatic rings. The molecule has 1 N–H and O–H groups in total. The number of benzene rings is 1. The van der Waals surface area contributed by atoms with Gasteiger partial charge in [-0.05, 0) is 39.7 Å². The van der Waals surface area contributed by atoms with Crippen LogP contribution in [0.3, 0.4) is 0 Å². The molecule has 2 aromatic rings. The highest BCUT2D eigenvalue weighted by Crippen LogP contribution is 2.41. The number of hydrogen-bond donors (Lipinski definition) is 1. The summed E-state index contributed by atoms with van der Waals surface area (Å²) in [4.78, 5) is 4.00. The molecular formula is C13H10BrNO3. The summed E-state index contributed by atoms with van der Waals surface area (Å²) in [6, 6.07) is 7.23. The van der Waals surface area contributed by atoms with Crippen molar-refractivity contribution < 1.29 is 14.6 Å². The Balaban J connectivity index is 2.00. The van der Waals surface area contributed by atoms with E-state index in [-0.39, 0.29) is 6.79 Å². The lowest BCUT2D eigenvalue weighted by molar-refractivity contribution is 0.173. The van der Waals surface area contributed by atoms with Crippen molar-refractivity contribution in [2.24, 2.45) is 0 Å². The van der Waals surface area contributed by atoms with Crippen molar-refractivity contribution in [2.45, 2.75) is 6.10 Å². The van der Waals surface area contributed by atoms with E-state index in [0.29, 0.717) is 11.5 Å². The van der Waals surface area contributed by atoms with E-state index >= 15 is 0 Å². The van der Waals surface area contributed by atoms with E-state index in [1.807, 2.05) is 12.1 Å². The molecule has 0 aliphatic carbocycles. The highest BCUT2D eigenvalue weighted by Gasteiger charge is 2.21. The van der Waals surface area contributed by atoms with Crippen LogP contribution in [0.2, 0.25) is 0 Å². The minimum absolute atomic E-state index is 0.209. The maximum atomic E-state index is 10.3. The maximum absolute atomic E-state index is 10.3. The van der Waals surface area contributed by atoms with Gasteiger partial charge in [0.25, 0.3) is 0 Å². The second-order valence-corrected chi connectivity index (χ2v) is 4.78. The molecule has 92 valence electrons. The van der Waals surface area contributed by atoms with Gasteiger partial charge in [-0.2, -0.15) is 0 Å². The van der Waals surface area contributed by atoms with Crippen LogP contribution in [0.25, 0.3) is 0 Å². The molecule has 0 bridgehead atoms. The van der Waals surface area contributed by atoms with Gasteiger partial charge < -0.3 is 14.6 Å². The first-order chi connectivity index (χ1) is 8.75. The summed E-state index contributed by atoms with van der Waals surface area (Å²) in [7, 11) is 0. The van der Waals surface area contributed by atoms with Crippen LogP contribution in [-0.4, -0.2) is 16.9 Å². The molecule has 0 radical (unpaired) electrons. The Morgan fingerprint density at radius 3 is 2.94 bits per heavy atom. The first-order valence-electron chi connectivity index (χ1n) is 5.43. The van der Waals surface area contributed by atoms with Crippen LogP contribution in [0.15, 0.2) is 41.1 Å². The van der Waals surface area contributed by atoms with Gasteiger partial charge in [0.15, 0.2) is 11.5 Å². The number of nitrogens with zero attached hydrogens (tertiary/aromatic N) is 1. The summed E-state index contributed by atoms with van der Waals surface area (Å²) in [5, 5.41) is 10.3. The van der Waals surface area contributed by atoms with Crippen LogP contribution in [0, 0.1) is 0 Å². The van der Waals surface area contributed by atoms with Gasteiger partial charge in [0.2, 0.25) is 6.79 Å². The molecule has 0 saturated carbocycles. The molecule has 1 atom stereocenters. The number of aliphatic hydroxyl groups excluding tert-OH is 1. The summed E-state index contributed by atoms with van der Waals surface area (Å²) in [6.07, 6.45) is 2.58. The Morgan fingerprint density at radius 1 is 1.28 bits per heavy atom. The number of fused-ring (bicyclic) bond motifs is 1. The zero-order valence-electron chi connectivity index (χ0n) is 9.34. The summed E-state index contributed by atoms with van der Waals surface area (Å²) in [6.45, 7) is 0.209. The van der Waals surface area contributed by atoms with Gasteiger partial charge in [-0.3, -0.25) is 4.98 Å². The van der Waals surface area contributed by atoms with Gasteiger partial charge in [-0.25, -0.2) is 0 Å². The number of ether oxygens (including phenoxy) is 2. The normalized spacial score (nSPS) is 14.6. The minimum atomic E-state index is -0.732. The molecule has 1 aliphatic heterocycles. The standard InChI is InChI=1S/C13H10BrNO3/c14-10-4-9(5-11-13(10)18-7-17-11)12(16)8-2-1-3-15-6-8/h1-6,12,16H,7H2. The van der Waals surface area contributed by atoms with Gasteiger partial charge in [-0.1, -0.05) is 6.07 Å². The third-order valence-corrected chi connectivity index (χ3v) is 3.35. The van der Waals surface area contributed by atoms with Crippen LogP contribution in [-0.2, 0) is 0 Å². The van der Waals surface area contributed by atoms with Crippen LogP contribution >= 0.6 is 15.9 Å². The maximum Gasteiger partial charge on any atom is 0.231 e. The van der Waals surface area contributed by atoms with E-state index in [1.54, 1.807) is 24.5 Å². The van der Waals surface area contributed by atoms with Gasteiger partial charge >= 0.3 is 0 Å². The predicted octanol–water partition coefficient (Wildman–Crippen LogP) is 2.65. The first-order valence-corrected chi connectivity index (χ1v) is 6.22. The van der Waals surface area contributed by atoms with Crippen molar-refractivity contribution in [3.05, 3.63) is 52.3 Å². The highest BCUT2D eigenvalue weighted by molar-refractivity contribution is 9.10. The summed E-state index contributed by atoms with van der Waals surface area (Å²) in [5.74, 6) is 1.32. The topological polar surface area (TPSA) is 51.6 Å². The fourth-order valence-electron chi connectivity index (χ4n) is 1.88. The molecule has 1 aromatic carbocycles. The lowest BCUT2D eigenvalue weighted by Gasteiger charge is -2.12. The van der Waals surface area contributed by atoms with Crippen molar-refractivity contribution in [1.29, 1.82) is 0 Å². The minimum Gasteiger partial charge on any atom is -0.454 e. The number of aliphatic hydroxyl groups is 1. The van der Waals surface area contributed by atoms with E-state index in [2.05, 4.69) is 20.9 Å². The quantitative estimate of drug-likeness (QED) is 0.927. The second kappa shape index (κ2) is 4.59. The Bertz CT molecular complexity index is 574. The lowest BCUT2D eigenvalue weighted by Crippen LogP contribution is -2.00. The Hall–Kier alpha value is -1.59. The molecule has 1 aromatic heterocycles. The van der Waals surface area contributed by atoms with Crippen molar-refractivity contribution in [3.8, 4) is 11.5 Å². The van der Waals surface area contributed by atoms with E-state index in [9.17, 15) is 5.11 Å². The van der Waals surface area contributed by atoms with Crippen molar-refractivity contribution >= 4 is 15.9 Å². The Morgan fingerprint density at radius 2 is 2.17 bits per heavy atom. The zero-order chi connectivity index (χ0) is 12.5. The molecular weight excluding hydrogens is 298 g/mol. The molecule has 5 heteroatoms. The van der Waals surface area contributed by atoms with E-state index in [0.717, 1.165) is 15.6 Å². The van der Waals surface area contributed by atoms with Crippen LogP contribution in [0.4, 0.5) is 0 Å². The average molecular weight is 308 g/mol. The van der Waals surface area contributed by atoms with Crippen LogP contribution < -0.4 is 9.47 Å².